The van der Waals surface area contributed by atoms with Crippen molar-refractivity contribution in [1.82, 2.24) is 0 Å². The van der Waals surface area contributed by atoms with E-state index in [1.54, 1.807) is 0 Å². The quantitative estimate of drug-likeness (QED) is 0.0114. The minimum Gasteiger partial charge on any atom is -0.462 e. The molecular formula is C51H79O14P. The summed E-state index contributed by atoms with van der Waals surface area (Å²) in [6.07, 6.45) is 38.8. The Morgan fingerprint density at radius 1 is 0.561 bits per heavy atom. The number of carbonyl (C=O) groups excluding carboxylic acids is 2. The van der Waals surface area contributed by atoms with Crippen molar-refractivity contribution in [2.45, 2.75) is 184 Å². The fourth-order valence-corrected chi connectivity index (χ4v) is 7.61. The van der Waals surface area contributed by atoms with E-state index >= 15 is 0 Å². The van der Waals surface area contributed by atoms with Crippen LogP contribution in [0, 0.1) is 0 Å². The van der Waals surface area contributed by atoms with E-state index in [2.05, 4.69) is 105 Å². The van der Waals surface area contributed by atoms with Gasteiger partial charge in [0.05, 0.1) is 18.8 Å². The first-order valence-corrected chi connectivity index (χ1v) is 25.3. The summed E-state index contributed by atoms with van der Waals surface area (Å²) in [7, 11) is -5.17. The van der Waals surface area contributed by atoms with Crippen molar-refractivity contribution in [2.24, 2.45) is 0 Å². The predicted octanol–water partition coefficient (Wildman–Crippen LogP) is 8.60. The number of aliphatic hydroxyl groups is 5. The Labute approximate surface area is 393 Å². The highest BCUT2D eigenvalue weighted by molar-refractivity contribution is 7.47. The zero-order chi connectivity index (χ0) is 48.3. The first-order chi connectivity index (χ1) is 31.9. The van der Waals surface area contributed by atoms with Crippen molar-refractivity contribution in [3.8, 4) is 0 Å². The largest absolute Gasteiger partial charge is 0.472 e. The van der Waals surface area contributed by atoms with Gasteiger partial charge in [0.2, 0.25) is 0 Å². The lowest BCUT2D eigenvalue weighted by Gasteiger charge is -2.41. The highest BCUT2D eigenvalue weighted by Crippen LogP contribution is 2.47. The Morgan fingerprint density at radius 2 is 1.05 bits per heavy atom. The van der Waals surface area contributed by atoms with Crippen molar-refractivity contribution >= 4 is 19.8 Å². The normalized spacial score (nSPS) is 25.3. The Morgan fingerprint density at radius 3 is 1.58 bits per heavy atom. The monoisotopic (exact) mass is 947 g/mol. The summed E-state index contributed by atoms with van der Waals surface area (Å²) in [6.45, 7) is 3.01. The highest BCUT2D eigenvalue weighted by atomic mass is 31.2. The topological polar surface area (TPSA) is 222 Å². The molecule has 10 atom stereocenters. The molecule has 14 nitrogen and oxygen atoms in total. The lowest BCUT2D eigenvalue weighted by molar-refractivity contribution is -0.220. The molecule has 0 aromatic carbocycles. The van der Waals surface area contributed by atoms with Crippen LogP contribution in [0.4, 0.5) is 0 Å². The Balaban J connectivity index is 1.77. The smallest absolute Gasteiger partial charge is 0.462 e. The third kappa shape index (κ3) is 28.0. The van der Waals surface area contributed by atoms with Crippen LogP contribution in [-0.4, -0.2) is 111 Å². The van der Waals surface area contributed by atoms with E-state index < -0.39 is 75.7 Å². The molecule has 15 heteroatoms. The molecule has 1 aliphatic carbocycles. The standard InChI is InChI=1S/C51H79O14P/c1-3-5-7-9-11-13-15-17-18-19-20-21-22-23-25-27-29-31-33-37-44(52)61-39-41(40-62-66(59,60)65-51-49(57)47(55)46(54)48(56)50(51)58)63-45(53)38-34-36-43-42(64-43)35-32-30-28-26-24-16-14-12-10-8-6-4-2/h5,7,11-14,17-18,20-21,23-26,29-32,41-43,46-51,54-58H,3-4,6,8-10,15-16,19,22,27-28,33-40H2,1-2H3,(H,59,60)/b7-5-,13-11-,14-12-,18-17-,21-20-,25-23-,26-24-,31-29-,32-30-/t41-,42?,43?,46?,47-,48+,49-,50-,51?/m1/s1. The number of hydrogen-bond donors (Lipinski definition) is 6. The van der Waals surface area contributed by atoms with E-state index in [1.807, 2.05) is 18.2 Å². The van der Waals surface area contributed by atoms with Crippen LogP contribution in [-0.2, 0) is 37.4 Å². The van der Waals surface area contributed by atoms with Gasteiger partial charge in [-0.2, -0.15) is 0 Å². The molecule has 1 saturated carbocycles. The first kappa shape index (κ1) is 58.6. The second-order valence-electron chi connectivity index (χ2n) is 16.3. The average Bonchev–Trinajstić information content (AvgIpc) is 4.06. The molecule has 6 N–H and O–H groups in total. The average molecular weight is 947 g/mol. The number of allylic oxidation sites excluding steroid dienone is 17. The van der Waals surface area contributed by atoms with E-state index in [0.29, 0.717) is 25.7 Å². The molecule has 2 rings (SSSR count). The van der Waals surface area contributed by atoms with E-state index in [9.17, 15) is 44.6 Å². The summed E-state index contributed by atoms with van der Waals surface area (Å²) in [5.41, 5.74) is 0. The number of unbranched alkanes of at least 4 members (excludes halogenated alkanes) is 3. The maximum atomic E-state index is 12.9. The number of hydrogen-bond acceptors (Lipinski definition) is 13. The first-order valence-electron chi connectivity index (χ1n) is 23.8. The van der Waals surface area contributed by atoms with Crippen molar-refractivity contribution in [3.05, 3.63) is 109 Å². The number of rotatable bonds is 36. The van der Waals surface area contributed by atoms with Gasteiger partial charge in [0.25, 0.3) is 0 Å². The molecular weight excluding hydrogens is 868 g/mol. The highest BCUT2D eigenvalue weighted by Gasteiger charge is 2.51. The Kier molecular flexibility index (Phi) is 32.4. The van der Waals surface area contributed by atoms with Crippen LogP contribution in [0.2, 0.25) is 0 Å². The maximum Gasteiger partial charge on any atom is 0.472 e. The number of ether oxygens (including phenoxy) is 3. The number of epoxide rings is 1. The molecule has 66 heavy (non-hydrogen) atoms. The molecule has 1 heterocycles. The van der Waals surface area contributed by atoms with E-state index in [-0.39, 0.29) is 25.0 Å². The van der Waals surface area contributed by atoms with E-state index in [1.165, 1.54) is 19.3 Å². The number of phosphoric acid groups is 1. The molecule has 2 fully saturated rings. The number of carbonyl (C=O) groups is 2. The van der Waals surface area contributed by atoms with Gasteiger partial charge in [-0.3, -0.25) is 18.6 Å². The molecule has 1 aliphatic heterocycles. The van der Waals surface area contributed by atoms with Crippen LogP contribution in [0.1, 0.15) is 129 Å². The minimum absolute atomic E-state index is 0.0122. The molecule has 0 amide bonds. The van der Waals surface area contributed by atoms with Gasteiger partial charge >= 0.3 is 19.8 Å². The molecule has 2 aliphatic rings. The van der Waals surface area contributed by atoms with Crippen LogP contribution < -0.4 is 0 Å². The van der Waals surface area contributed by atoms with Crippen LogP contribution in [0.3, 0.4) is 0 Å². The second-order valence-corrected chi connectivity index (χ2v) is 17.7. The molecule has 0 aromatic rings. The SMILES string of the molecule is CC/C=C\C/C=C\C/C=C\C/C=C\C/C=C\C/C=C\CCC(=O)OC[C@H](COP(=O)(O)OC1[C@H](O)[C@H](O)C(O)[C@H](O)[C@H]1O)OC(=O)CCCC1OC1C/C=C\C/C=C\C/C=C\CCCCC. The van der Waals surface area contributed by atoms with Crippen LogP contribution in [0.25, 0.3) is 0 Å². The van der Waals surface area contributed by atoms with Crippen LogP contribution >= 0.6 is 7.82 Å². The Hall–Kier alpha value is -3.53. The van der Waals surface area contributed by atoms with Crippen LogP contribution in [0.15, 0.2) is 109 Å². The van der Waals surface area contributed by atoms with Gasteiger partial charge < -0.3 is 44.6 Å². The van der Waals surface area contributed by atoms with E-state index in [0.717, 1.165) is 57.8 Å². The molecule has 5 unspecified atom stereocenters. The molecule has 372 valence electrons. The summed E-state index contributed by atoms with van der Waals surface area (Å²) in [5, 5.41) is 50.2. The van der Waals surface area contributed by atoms with Gasteiger partial charge in [0.1, 0.15) is 43.2 Å². The second kappa shape index (κ2) is 36.5. The zero-order valence-corrected chi connectivity index (χ0v) is 40.0. The fraction of sp³-hybridized carbons (Fsp3) is 0.608. The van der Waals surface area contributed by atoms with Gasteiger partial charge in [0.15, 0.2) is 6.10 Å². The van der Waals surface area contributed by atoms with Gasteiger partial charge in [0, 0.05) is 12.8 Å². The molecule has 0 aromatic heterocycles. The lowest BCUT2D eigenvalue weighted by Crippen LogP contribution is -2.64. The van der Waals surface area contributed by atoms with Gasteiger partial charge in [-0.15, -0.1) is 0 Å². The van der Waals surface area contributed by atoms with Crippen molar-refractivity contribution < 1.29 is 67.8 Å². The van der Waals surface area contributed by atoms with Crippen molar-refractivity contribution in [2.75, 3.05) is 13.2 Å². The summed E-state index contributed by atoms with van der Waals surface area (Å²) >= 11 is 0. The third-order valence-corrected chi connectivity index (χ3v) is 11.5. The van der Waals surface area contributed by atoms with Crippen molar-refractivity contribution in [3.63, 3.8) is 0 Å². The molecule has 0 radical (unpaired) electrons. The van der Waals surface area contributed by atoms with Gasteiger partial charge in [-0.1, -0.05) is 136 Å². The predicted molar refractivity (Wildman–Crippen MR) is 257 cm³/mol. The third-order valence-electron chi connectivity index (χ3n) is 10.5. The zero-order valence-electron chi connectivity index (χ0n) is 39.1. The minimum atomic E-state index is -5.17. The van der Waals surface area contributed by atoms with Crippen molar-refractivity contribution in [1.29, 1.82) is 0 Å². The van der Waals surface area contributed by atoms with Gasteiger partial charge in [-0.05, 0) is 89.9 Å². The lowest BCUT2D eigenvalue weighted by atomic mass is 9.85. The number of esters is 2. The number of phosphoric ester groups is 1. The molecule has 0 bridgehead atoms. The summed E-state index contributed by atoms with van der Waals surface area (Å²) in [6, 6.07) is 0. The maximum absolute atomic E-state index is 12.9. The van der Waals surface area contributed by atoms with E-state index in [4.69, 9.17) is 23.3 Å². The summed E-state index contributed by atoms with van der Waals surface area (Å²) < 4.78 is 39.2. The van der Waals surface area contributed by atoms with Crippen LogP contribution in [0.5, 0.6) is 0 Å². The summed E-state index contributed by atoms with van der Waals surface area (Å²) in [5.74, 6) is -1.29. The fourth-order valence-electron chi connectivity index (χ4n) is 6.63. The molecule has 1 saturated heterocycles. The summed E-state index contributed by atoms with van der Waals surface area (Å²) in [4.78, 5) is 35.8. The Bertz CT molecular complexity index is 1630. The van der Waals surface area contributed by atoms with Gasteiger partial charge in [-0.25, -0.2) is 4.57 Å². The molecule has 0 spiro atoms. The number of aliphatic hydroxyl groups excluding tert-OH is 5.